The Hall–Kier alpha value is -3.28. The molecule has 0 aliphatic carbocycles. The van der Waals surface area contributed by atoms with E-state index in [9.17, 15) is 9.59 Å². The number of benzene rings is 2. The minimum atomic E-state index is -0.586. The highest BCUT2D eigenvalue weighted by atomic mass is 16.6. The molecule has 0 aliphatic rings. The van der Waals surface area contributed by atoms with E-state index in [0.717, 1.165) is 11.3 Å². The minimum Gasteiger partial charge on any atom is -0.497 e. The normalized spacial score (nSPS) is 11.3. The number of amides is 1. The monoisotopic (exact) mass is 425 g/mol. The molecule has 0 aromatic heterocycles. The summed E-state index contributed by atoms with van der Waals surface area (Å²) in [7, 11) is 3.17. The molecule has 0 bridgehead atoms. The van der Waals surface area contributed by atoms with Crippen LogP contribution >= 0.6 is 0 Å². The van der Waals surface area contributed by atoms with Crippen LogP contribution in [0, 0.1) is 0 Å². The molecule has 2 rings (SSSR count). The Labute approximate surface area is 184 Å². The summed E-state index contributed by atoms with van der Waals surface area (Å²) in [5.41, 5.74) is 1.64. The molecule has 2 aromatic carbocycles. The molecule has 0 saturated heterocycles. The molecular formula is C25H31NO5. The maximum absolute atomic E-state index is 12.9. The Morgan fingerprint density at radius 3 is 2.23 bits per heavy atom. The van der Waals surface area contributed by atoms with E-state index in [1.807, 2.05) is 64.1 Å². The fraction of sp³-hybridized carbons (Fsp3) is 0.360. The smallest absolute Gasteiger partial charge is 0.331 e. The summed E-state index contributed by atoms with van der Waals surface area (Å²) in [6.07, 6.45) is 3.34. The van der Waals surface area contributed by atoms with Gasteiger partial charge in [0.05, 0.1) is 26.5 Å². The topological polar surface area (TPSA) is 65.1 Å². The number of ether oxygens (including phenoxy) is 3. The average molecular weight is 426 g/mol. The van der Waals surface area contributed by atoms with Gasteiger partial charge in [0.1, 0.15) is 17.1 Å². The Morgan fingerprint density at radius 2 is 1.68 bits per heavy atom. The van der Waals surface area contributed by atoms with E-state index in [-0.39, 0.29) is 5.91 Å². The number of nitrogens with zero attached hydrogens (tertiary/aromatic N) is 1. The van der Waals surface area contributed by atoms with Crippen molar-refractivity contribution in [2.75, 3.05) is 19.1 Å². The van der Waals surface area contributed by atoms with Crippen molar-refractivity contribution >= 4 is 23.6 Å². The van der Waals surface area contributed by atoms with Gasteiger partial charge in [-0.1, -0.05) is 31.2 Å². The van der Waals surface area contributed by atoms with E-state index in [4.69, 9.17) is 14.2 Å². The number of methoxy groups -OCH3 is 2. The van der Waals surface area contributed by atoms with Crippen LogP contribution in [0.3, 0.4) is 0 Å². The van der Waals surface area contributed by atoms with E-state index in [2.05, 4.69) is 0 Å². The van der Waals surface area contributed by atoms with Gasteiger partial charge in [-0.3, -0.25) is 4.79 Å². The fourth-order valence-corrected chi connectivity index (χ4v) is 3.02. The van der Waals surface area contributed by atoms with Gasteiger partial charge in [0.2, 0.25) is 5.91 Å². The van der Waals surface area contributed by atoms with E-state index < -0.39 is 11.6 Å². The van der Waals surface area contributed by atoms with E-state index in [1.54, 1.807) is 31.3 Å². The number of para-hydroxylation sites is 1. The summed E-state index contributed by atoms with van der Waals surface area (Å²) < 4.78 is 16.1. The highest BCUT2D eigenvalue weighted by Gasteiger charge is 2.22. The molecule has 2 aromatic rings. The third-order valence-electron chi connectivity index (χ3n) is 4.43. The van der Waals surface area contributed by atoms with Crippen LogP contribution in [0.5, 0.6) is 11.5 Å². The van der Waals surface area contributed by atoms with Crippen LogP contribution in [0.2, 0.25) is 0 Å². The van der Waals surface area contributed by atoms with E-state index >= 15 is 0 Å². The second-order valence-electron chi connectivity index (χ2n) is 7.95. The number of rotatable bonds is 8. The van der Waals surface area contributed by atoms with E-state index in [0.29, 0.717) is 30.0 Å². The van der Waals surface area contributed by atoms with Gasteiger partial charge < -0.3 is 19.1 Å². The van der Waals surface area contributed by atoms with Crippen molar-refractivity contribution in [2.24, 2.45) is 0 Å². The zero-order chi connectivity index (χ0) is 23.0. The predicted molar refractivity (Wildman–Crippen MR) is 122 cm³/mol. The largest absolute Gasteiger partial charge is 0.497 e. The highest BCUT2D eigenvalue weighted by molar-refractivity contribution is 5.98. The first-order valence-electron chi connectivity index (χ1n) is 10.2. The Morgan fingerprint density at radius 1 is 1.00 bits per heavy atom. The number of esters is 1. The van der Waals surface area contributed by atoms with Crippen molar-refractivity contribution in [1.82, 2.24) is 0 Å². The summed E-state index contributed by atoms with van der Waals surface area (Å²) in [6.45, 7) is 7.60. The molecule has 0 atom stereocenters. The predicted octanol–water partition coefficient (Wildman–Crippen LogP) is 5.00. The number of hydrogen-bond donors (Lipinski definition) is 0. The van der Waals surface area contributed by atoms with Gasteiger partial charge in [0.15, 0.2) is 0 Å². The van der Waals surface area contributed by atoms with Crippen LogP contribution < -0.4 is 14.4 Å². The third-order valence-corrected chi connectivity index (χ3v) is 4.43. The van der Waals surface area contributed by atoms with Gasteiger partial charge in [0, 0.05) is 18.1 Å². The van der Waals surface area contributed by atoms with Crippen molar-refractivity contribution in [1.29, 1.82) is 0 Å². The second-order valence-corrected chi connectivity index (χ2v) is 7.95. The van der Waals surface area contributed by atoms with Gasteiger partial charge in [-0.15, -0.1) is 0 Å². The fourth-order valence-electron chi connectivity index (χ4n) is 3.02. The van der Waals surface area contributed by atoms with Gasteiger partial charge in [-0.05, 0) is 50.6 Å². The van der Waals surface area contributed by atoms with Gasteiger partial charge in [0.25, 0.3) is 0 Å². The SMILES string of the molecule is CCC(=O)N(Cc1ccc(OC)cc1)c1c(/C=C/C(=O)OC(C)(C)C)cccc1OC. The summed E-state index contributed by atoms with van der Waals surface area (Å²) in [5.74, 6) is 0.772. The van der Waals surface area contributed by atoms with Gasteiger partial charge in [-0.25, -0.2) is 4.79 Å². The third kappa shape index (κ3) is 6.88. The lowest BCUT2D eigenvalue weighted by molar-refractivity contribution is -0.148. The maximum Gasteiger partial charge on any atom is 0.331 e. The zero-order valence-electron chi connectivity index (χ0n) is 19.1. The lowest BCUT2D eigenvalue weighted by Crippen LogP contribution is -2.30. The number of hydrogen-bond acceptors (Lipinski definition) is 5. The molecule has 0 aliphatic heterocycles. The number of carbonyl (C=O) groups is 2. The summed E-state index contributed by atoms with van der Waals surface area (Å²) in [6, 6.07) is 13.0. The van der Waals surface area contributed by atoms with Crippen LogP contribution in [0.15, 0.2) is 48.5 Å². The molecule has 0 heterocycles. The molecule has 166 valence electrons. The van der Waals surface area contributed by atoms with Crippen molar-refractivity contribution in [2.45, 2.75) is 46.3 Å². The molecule has 0 unspecified atom stereocenters. The van der Waals surface area contributed by atoms with E-state index in [1.165, 1.54) is 6.08 Å². The summed E-state index contributed by atoms with van der Waals surface area (Å²) in [4.78, 5) is 26.8. The van der Waals surface area contributed by atoms with Crippen LogP contribution in [-0.4, -0.2) is 31.7 Å². The summed E-state index contributed by atoms with van der Waals surface area (Å²) in [5, 5.41) is 0. The van der Waals surface area contributed by atoms with Crippen molar-refractivity contribution in [3.8, 4) is 11.5 Å². The van der Waals surface area contributed by atoms with Gasteiger partial charge >= 0.3 is 5.97 Å². The minimum absolute atomic E-state index is 0.0627. The second kappa shape index (κ2) is 10.7. The first-order chi connectivity index (χ1) is 14.7. The zero-order valence-corrected chi connectivity index (χ0v) is 19.1. The molecule has 0 fully saturated rings. The number of anilines is 1. The van der Waals surface area contributed by atoms with Crippen LogP contribution in [0.4, 0.5) is 5.69 Å². The lowest BCUT2D eigenvalue weighted by atomic mass is 10.1. The average Bonchev–Trinajstić information content (AvgIpc) is 2.74. The van der Waals surface area contributed by atoms with Gasteiger partial charge in [-0.2, -0.15) is 0 Å². The molecule has 0 spiro atoms. The maximum atomic E-state index is 12.9. The Balaban J connectivity index is 2.46. The molecular weight excluding hydrogens is 394 g/mol. The Kier molecular flexibility index (Phi) is 8.25. The first-order valence-corrected chi connectivity index (χ1v) is 10.2. The Bertz CT molecular complexity index is 926. The lowest BCUT2D eigenvalue weighted by Gasteiger charge is -2.26. The highest BCUT2D eigenvalue weighted by Crippen LogP contribution is 2.35. The van der Waals surface area contributed by atoms with Crippen LogP contribution in [0.1, 0.15) is 45.2 Å². The van der Waals surface area contributed by atoms with Crippen LogP contribution in [-0.2, 0) is 20.9 Å². The molecule has 0 radical (unpaired) electrons. The molecule has 31 heavy (non-hydrogen) atoms. The van der Waals surface area contributed by atoms with Crippen molar-refractivity contribution < 1.29 is 23.8 Å². The number of carbonyl (C=O) groups excluding carboxylic acids is 2. The quantitative estimate of drug-likeness (QED) is 0.440. The standard InChI is InChI=1S/C25H31NO5/c1-7-22(27)26(17-18-11-14-20(29-5)15-12-18)24-19(9-8-10-21(24)30-6)13-16-23(28)31-25(2,3)4/h8-16H,7,17H2,1-6H3/b16-13+. The summed E-state index contributed by atoms with van der Waals surface area (Å²) >= 11 is 0. The van der Waals surface area contributed by atoms with Crippen molar-refractivity contribution in [3.63, 3.8) is 0 Å². The molecule has 6 nitrogen and oxygen atoms in total. The van der Waals surface area contributed by atoms with Crippen LogP contribution in [0.25, 0.3) is 6.08 Å². The van der Waals surface area contributed by atoms with Crippen molar-refractivity contribution in [3.05, 3.63) is 59.7 Å². The molecule has 1 amide bonds. The first kappa shape index (κ1) is 24.0. The molecule has 6 heteroatoms. The molecule has 0 N–H and O–H groups in total. The molecule has 0 saturated carbocycles.